The first-order chi connectivity index (χ1) is 12.1. The monoisotopic (exact) mass is 405 g/mol. The van der Waals surface area contributed by atoms with Crippen LogP contribution in [0.15, 0.2) is 41.1 Å². The van der Waals surface area contributed by atoms with Crippen LogP contribution in [0.25, 0.3) is 0 Å². The molecule has 0 aliphatic carbocycles. The second kappa shape index (κ2) is 6.90. The number of hydrogen-bond donors (Lipinski definition) is 0. The molecule has 0 spiro atoms. The number of aryl methyl sites for hydroxylation is 1. The Morgan fingerprint density at radius 3 is 2.56 bits per heavy atom. The fourth-order valence-corrected chi connectivity index (χ4v) is 4.66. The van der Waals surface area contributed by atoms with Gasteiger partial charge in [0.05, 0.1) is 16.7 Å². The van der Waals surface area contributed by atoms with Crippen molar-refractivity contribution in [2.45, 2.75) is 56.7 Å². The summed E-state index contributed by atoms with van der Waals surface area (Å²) in [6, 6.07) is 7.66. The molecule has 2 unspecified atom stereocenters. The average Bonchev–Trinajstić information content (AvgIpc) is 3.15. The summed E-state index contributed by atoms with van der Waals surface area (Å²) in [4.78, 5) is 14.8. The van der Waals surface area contributed by atoms with Crippen LogP contribution >= 0.6 is 15.9 Å². The van der Waals surface area contributed by atoms with Crippen LogP contribution in [0.2, 0.25) is 0 Å². The largest absolute Gasteiger partial charge is 0.337 e. The molecule has 2 aromatic rings. The van der Waals surface area contributed by atoms with E-state index in [0.29, 0.717) is 36.5 Å². The van der Waals surface area contributed by atoms with Crippen LogP contribution in [0.3, 0.4) is 0 Å². The molecule has 2 saturated heterocycles. The van der Waals surface area contributed by atoms with E-state index in [9.17, 15) is 9.18 Å². The van der Waals surface area contributed by atoms with Gasteiger partial charge in [-0.15, -0.1) is 0 Å². The van der Waals surface area contributed by atoms with Crippen LogP contribution in [0.5, 0.6) is 0 Å². The molecule has 2 aliphatic heterocycles. The van der Waals surface area contributed by atoms with Crippen LogP contribution in [0.1, 0.15) is 43.7 Å². The lowest BCUT2D eigenvalue weighted by Gasteiger charge is -2.39. The zero-order chi connectivity index (χ0) is 17.4. The smallest absolute Gasteiger partial charge is 0.223 e. The minimum atomic E-state index is -0.221. The number of benzene rings is 1. The van der Waals surface area contributed by atoms with Gasteiger partial charge in [-0.1, -0.05) is 18.2 Å². The van der Waals surface area contributed by atoms with Crippen LogP contribution in [0.4, 0.5) is 4.39 Å². The summed E-state index contributed by atoms with van der Waals surface area (Å²) in [6.45, 7) is 0. The number of halogens is 2. The van der Waals surface area contributed by atoms with E-state index in [1.807, 2.05) is 23.1 Å². The van der Waals surface area contributed by atoms with E-state index in [1.165, 1.54) is 6.07 Å². The summed E-state index contributed by atoms with van der Waals surface area (Å²) in [5, 5.41) is 4.42. The fraction of sp³-hybridized carbons (Fsp3) is 0.474. The predicted molar refractivity (Wildman–Crippen MR) is 96.6 cm³/mol. The number of nitrogens with zero attached hydrogens (tertiary/aromatic N) is 3. The van der Waals surface area contributed by atoms with Gasteiger partial charge in [0, 0.05) is 24.7 Å². The number of rotatable bonds is 4. The second-order valence-corrected chi connectivity index (χ2v) is 7.96. The molecule has 6 heteroatoms. The summed E-state index contributed by atoms with van der Waals surface area (Å²) in [7, 11) is 0. The molecule has 0 saturated carbocycles. The Hall–Kier alpha value is -1.69. The first kappa shape index (κ1) is 16.8. The van der Waals surface area contributed by atoms with Gasteiger partial charge in [0.1, 0.15) is 5.82 Å². The summed E-state index contributed by atoms with van der Waals surface area (Å²) < 4.78 is 16.8. The molecule has 4 nitrogen and oxygen atoms in total. The Kier molecular flexibility index (Phi) is 4.63. The van der Waals surface area contributed by atoms with Gasteiger partial charge in [-0.05, 0) is 59.7 Å². The lowest BCUT2D eigenvalue weighted by molar-refractivity contribution is -0.136. The number of carbonyl (C=O) groups is 1. The topological polar surface area (TPSA) is 38.1 Å². The molecule has 132 valence electrons. The molecule has 2 atom stereocenters. The molecular weight excluding hydrogens is 385 g/mol. The van der Waals surface area contributed by atoms with Gasteiger partial charge >= 0.3 is 0 Å². The number of carbonyl (C=O) groups excluding carboxylic acids is 1. The van der Waals surface area contributed by atoms with Crippen molar-refractivity contribution in [1.29, 1.82) is 0 Å². The Morgan fingerprint density at radius 2 is 1.92 bits per heavy atom. The molecule has 1 amide bonds. The molecule has 25 heavy (non-hydrogen) atoms. The number of piperidine rings is 1. The number of hydrogen-bond acceptors (Lipinski definition) is 2. The van der Waals surface area contributed by atoms with Gasteiger partial charge in [-0.3, -0.25) is 9.48 Å². The summed E-state index contributed by atoms with van der Waals surface area (Å²) in [5.41, 5.74) is 0.625. The Labute approximate surface area is 155 Å². The number of amides is 1. The zero-order valence-corrected chi connectivity index (χ0v) is 15.5. The number of fused-ring (bicyclic) bond motifs is 2. The quantitative estimate of drug-likeness (QED) is 0.767. The molecule has 0 radical (unpaired) electrons. The minimum absolute atomic E-state index is 0.163. The maximum Gasteiger partial charge on any atom is 0.223 e. The SMILES string of the molecule is O=C(CCc1ccccc1F)N1C2CCC1CC(n1cc(Br)cn1)C2. The fourth-order valence-electron chi connectivity index (χ4n) is 4.36. The predicted octanol–water partition coefficient (Wildman–Crippen LogP) is 4.11. The van der Waals surface area contributed by atoms with Crippen molar-refractivity contribution in [2.24, 2.45) is 0 Å². The molecule has 1 aromatic carbocycles. The molecule has 2 fully saturated rings. The van der Waals surface area contributed by atoms with E-state index in [0.717, 1.165) is 30.2 Å². The van der Waals surface area contributed by atoms with Crippen molar-refractivity contribution in [3.05, 3.63) is 52.5 Å². The summed E-state index contributed by atoms with van der Waals surface area (Å²) in [5.74, 6) is -0.0583. The zero-order valence-electron chi connectivity index (χ0n) is 13.9. The lowest BCUT2D eigenvalue weighted by atomic mass is 9.96. The molecular formula is C19H21BrFN3O. The van der Waals surface area contributed by atoms with E-state index in [1.54, 1.807) is 12.1 Å². The lowest BCUT2D eigenvalue weighted by Crippen LogP contribution is -2.47. The Morgan fingerprint density at radius 1 is 1.20 bits per heavy atom. The second-order valence-electron chi connectivity index (χ2n) is 7.04. The van der Waals surface area contributed by atoms with Crippen LogP contribution in [-0.2, 0) is 11.2 Å². The minimum Gasteiger partial charge on any atom is -0.337 e. The van der Waals surface area contributed by atoms with Crippen molar-refractivity contribution in [2.75, 3.05) is 0 Å². The van der Waals surface area contributed by atoms with Gasteiger partial charge < -0.3 is 4.90 Å². The third-order valence-corrected chi connectivity index (χ3v) is 5.92. The normalized spacial score (nSPS) is 25.4. The maximum atomic E-state index is 13.8. The first-order valence-electron chi connectivity index (χ1n) is 8.86. The third-order valence-electron chi connectivity index (χ3n) is 5.51. The van der Waals surface area contributed by atoms with E-state index >= 15 is 0 Å². The van der Waals surface area contributed by atoms with E-state index in [2.05, 4.69) is 25.9 Å². The van der Waals surface area contributed by atoms with Crippen molar-refractivity contribution >= 4 is 21.8 Å². The average molecular weight is 406 g/mol. The van der Waals surface area contributed by atoms with E-state index in [-0.39, 0.29) is 11.7 Å². The third kappa shape index (κ3) is 3.36. The van der Waals surface area contributed by atoms with Gasteiger partial charge in [0.2, 0.25) is 5.91 Å². The molecule has 4 rings (SSSR count). The summed E-state index contributed by atoms with van der Waals surface area (Å²) >= 11 is 3.45. The molecule has 2 bridgehead atoms. The molecule has 3 heterocycles. The van der Waals surface area contributed by atoms with Crippen molar-refractivity contribution in [1.82, 2.24) is 14.7 Å². The number of aromatic nitrogens is 2. The standard InChI is InChI=1S/C19H21BrFN3O/c20-14-11-22-23(12-14)17-9-15-6-7-16(10-17)24(15)19(25)8-5-13-3-1-2-4-18(13)21/h1-4,11-12,15-17H,5-10H2. The highest BCUT2D eigenvalue weighted by Crippen LogP contribution is 2.41. The van der Waals surface area contributed by atoms with Crippen molar-refractivity contribution in [3.63, 3.8) is 0 Å². The summed E-state index contributed by atoms with van der Waals surface area (Å²) in [6.07, 6.45) is 8.71. The van der Waals surface area contributed by atoms with Gasteiger partial charge in [-0.2, -0.15) is 5.10 Å². The molecule has 2 aliphatic rings. The van der Waals surface area contributed by atoms with Crippen molar-refractivity contribution in [3.8, 4) is 0 Å². The van der Waals surface area contributed by atoms with Crippen LogP contribution in [0, 0.1) is 5.82 Å². The maximum absolute atomic E-state index is 13.8. The highest BCUT2D eigenvalue weighted by Gasteiger charge is 2.43. The molecule has 1 aromatic heterocycles. The first-order valence-corrected chi connectivity index (χ1v) is 9.65. The highest BCUT2D eigenvalue weighted by atomic mass is 79.9. The Bertz CT molecular complexity index is 764. The van der Waals surface area contributed by atoms with Crippen molar-refractivity contribution < 1.29 is 9.18 Å². The Balaban J connectivity index is 1.40. The van der Waals surface area contributed by atoms with E-state index < -0.39 is 0 Å². The van der Waals surface area contributed by atoms with Gasteiger partial charge in [0.15, 0.2) is 0 Å². The molecule has 0 N–H and O–H groups in total. The van der Waals surface area contributed by atoms with Crippen LogP contribution < -0.4 is 0 Å². The highest BCUT2D eigenvalue weighted by molar-refractivity contribution is 9.10. The van der Waals surface area contributed by atoms with Crippen LogP contribution in [-0.4, -0.2) is 32.7 Å². The van der Waals surface area contributed by atoms with E-state index in [4.69, 9.17) is 0 Å². The van der Waals surface area contributed by atoms with Gasteiger partial charge in [-0.25, -0.2) is 4.39 Å². The van der Waals surface area contributed by atoms with Gasteiger partial charge in [0.25, 0.3) is 0 Å².